The minimum absolute atomic E-state index is 0.0756. The molecule has 0 saturated heterocycles. The van der Waals surface area contributed by atoms with Gasteiger partial charge in [-0.15, -0.1) is 0 Å². The van der Waals surface area contributed by atoms with Gasteiger partial charge >= 0.3 is 0 Å². The average molecular weight is 174 g/mol. The average Bonchev–Trinajstić information content (AvgIpc) is 2.09. The highest BCUT2D eigenvalue weighted by Gasteiger charge is 2.19. The number of hydrogen-bond acceptors (Lipinski definition) is 3. The molecule has 1 aliphatic carbocycles. The molecule has 12 heavy (non-hydrogen) atoms. The van der Waals surface area contributed by atoms with Crippen LogP contribution >= 0.6 is 0 Å². The molecule has 0 heterocycles. The molecular formula is C9H18O3. The predicted octanol–water partition coefficient (Wildman–Crippen LogP) is 1.51. The molecule has 1 saturated carbocycles. The highest BCUT2D eigenvalue weighted by molar-refractivity contribution is 4.70. The Balaban J connectivity index is 2.01. The van der Waals surface area contributed by atoms with Gasteiger partial charge in [-0.3, -0.25) is 0 Å². The fourth-order valence-corrected chi connectivity index (χ4v) is 1.54. The van der Waals surface area contributed by atoms with E-state index in [4.69, 9.17) is 9.78 Å². The van der Waals surface area contributed by atoms with E-state index in [9.17, 15) is 5.11 Å². The summed E-state index contributed by atoms with van der Waals surface area (Å²) in [5, 5.41) is 9.23. The van der Waals surface area contributed by atoms with Crippen LogP contribution in [0.5, 0.6) is 0 Å². The van der Waals surface area contributed by atoms with Crippen LogP contribution in [0.3, 0.4) is 0 Å². The summed E-state index contributed by atoms with van der Waals surface area (Å²) in [5.74, 6) is 0.583. The monoisotopic (exact) mass is 174 g/mol. The van der Waals surface area contributed by atoms with Crippen molar-refractivity contribution in [2.45, 2.75) is 38.7 Å². The van der Waals surface area contributed by atoms with Crippen molar-refractivity contribution in [3.63, 3.8) is 0 Å². The molecule has 0 aromatic heterocycles. The van der Waals surface area contributed by atoms with Crippen molar-refractivity contribution in [2.75, 3.05) is 13.2 Å². The minimum Gasteiger partial charge on any atom is -0.393 e. The van der Waals surface area contributed by atoms with E-state index in [0.717, 1.165) is 25.7 Å². The zero-order chi connectivity index (χ0) is 8.81. The van der Waals surface area contributed by atoms with Crippen LogP contribution in [0.1, 0.15) is 32.6 Å². The quantitative estimate of drug-likeness (QED) is 0.399. The van der Waals surface area contributed by atoms with Crippen molar-refractivity contribution in [3.05, 3.63) is 0 Å². The summed E-state index contributed by atoms with van der Waals surface area (Å²) in [7, 11) is 0. The summed E-state index contributed by atoms with van der Waals surface area (Å²) >= 11 is 0. The van der Waals surface area contributed by atoms with Crippen LogP contribution in [0.2, 0.25) is 0 Å². The van der Waals surface area contributed by atoms with E-state index in [-0.39, 0.29) is 6.10 Å². The van der Waals surface area contributed by atoms with Crippen molar-refractivity contribution in [1.82, 2.24) is 0 Å². The second kappa shape index (κ2) is 5.51. The van der Waals surface area contributed by atoms with Gasteiger partial charge in [0, 0.05) is 0 Å². The van der Waals surface area contributed by atoms with Gasteiger partial charge in [0.15, 0.2) is 0 Å². The third-order valence-electron chi connectivity index (χ3n) is 2.32. The molecule has 1 N–H and O–H groups in total. The molecule has 72 valence electrons. The van der Waals surface area contributed by atoms with Crippen LogP contribution in [0, 0.1) is 5.92 Å². The summed E-state index contributed by atoms with van der Waals surface area (Å²) in [5.41, 5.74) is 0. The standard InChI is InChI=1S/C9H18O3/c1-2-11-12-7-8-3-5-9(10)6-4-8/h8-10H,2-7H2,1H3. The van der Waals surface area contributed by atoms with Gasteiger partial charge in [0.1, 0.15) is 0 Å². The molecule has 0 unspecified atom stereocenters. The van der Waals surface area contributed by atoms with E-state index in [1.54, 1.807) is 0 Å². The summed E-state index contributed by atoms with van der Waals surface area (Å²) in [6.45, 7) is 3.19. The fourth-order valence-electron chi connectivity index (χ4n) is 1.54. The molecule has 1 fully saturated rings. The molecule has 0 aromatic rings. The Morgan fingerprint density at radius 2 is 1.83 bits per heavy atom. The first-order chi connectivity index (χ1) is 5.83. The third-order valence-corrected chi connectivity index (χ3v) is 2.32. The van der Waals surface area contributed by atoms with E-state index in [1.165, 1.54) is 0 Å². The van der Waals surface area contributed by atoms with Crippen molar-refractivity contribution < 1.29 is 14.9 Å². The molecule has 0 spiro atoms. The minimum atomic E-state index is -0.0756. The summed E-state index contributed by atoms with van der Waals surface area (Å²) in [4.78, 5) is 9.78. The highest BCUT2D eigenvalue weighted by Crippen LogP contribution is 2.24. The van der Waals surface area contributed by atoms with Gasteiger partial charge in [-0.2, -0.15) is 0 Å². The van der Waals surface area contributed by atoms with Crippen LogP contribution in [0.4, 0.5) is 0 Å². The van der Waals surface area contributed by atoms with E-state index in [2.05, 4.69) is 0 Å². The Morgan fingerprint density at radius 1 is 1.17 bits per heavy atom. The maximum atomic E-state index is 9.23. The molecule has 0 aromatic carbocycles. The predicted molar refractivity (Wildman–Crippen MR) is 45.5 cm³/mol. The molecule has 3 heteroatoms. The lowest BCUT2D eigenvalue weighted by atomic mass is 9.88. The molecule has 1 aliphatic rings. The van der Waals surface area contributed by atoms with Crippen LogP contribution < -0.4 is 0 Å². The Kier molecular flexibility index (Phi) is 4.58. The Labute approximate surface area is 73.6 Å². The maximum absolute atomic E-state index is 9.23. The van der Waals surface area contributed by atoms with Gasteiger partial charge in [0.05, 0.1) is 19.3 Å². The van der Waals surface area contributed by atoms with E-state index < -0.39 is 0 Å². The zero-order valence-electron chi connectivity index (χ0n) is 7.66. The molecule has 0 aliphatic heterocycles. The Hall–Kier alpha value is -0.120. The summed E-state index contributed by atoms with van der Waals surface area (Å²) in [6, 6.07) is 0. The van der Waals surface area contributed by atoms with Gasteiger partial charge < -0.3 is 5.11 Å². The normalized spacial score (nSPS) is 30.5. The fraction of sp³-hybridized carbons (Fsp3) is 1.00. The van der Waals surface area contributed by atoms with E-state index in [1.807, 2.05) is 6.92 Å². The topological polar surface area (TPSA) is 38.7 Å². The molecule has 0 amide bonds. The van der Waals surface area contributed by atoms with Gasteiger partial charge in [-0.05, 0) is 38.5 Å². The molecule has 0 atom stereocenters. The molecule has 0 radical (unpaired) electrons. The maximum Gasteiger partial charge on any atom is 0.0850 e. The van der Waals surface area contributed by atoms with Gasteiger partial charge in [-0.1, -0.05) is 0 Å². The second-order valence-corrected chi connectivity index (χ2v) is 3.37. The van der Waals surface area contributed by atoms with Gasteiger partial charge in [0.25, 0.3) is 0 Å². The van der Waals surface area contributed by atoms with E-state index in [0.29, 0.717) is 19.1 Å². The lowest BCUT2D eigenvalue weighted by Gasteiger charge is -2.24. The zero-order valence-corrected chi connectivity index (χ0v) is 7.66. The first kappa shape index (κ1) is 9.96. The highest BCUT2D eigenvalue weighted by atomic mass is 17.2. The van der Waals surface area contributed by atoms with Crippen molar-refractivity contribution >= 4 is 0 Å². The SMILES string of the molecule is CCOOCC1CCC(O)CC1. The molecule has 1 rings (SSSR count). The van der Waals surface area contributed by atoms with Gasteiger partial charge in [-0.25, -0.2) is 9.78 Å². The Bertz CT molecular complexity index is 108. The van der Waals surface area contributed by atoms with Gasteiger partial charge in [0.2, 0.25) is 0 Å². The lowest BCUT2D eigenvalue weighted by Crippen LogP contribution is -2.21. The van der Waals surface area contributed by atoms with Crippen LogP contribution in [-0.2, 0) is 9.78 Å². The number of hydrogen-bond donors (Lipinski definition) is 1. The smallest absolute Gasteiger partial charge is 0.0850 e. The first-order valence-corrected chi connectivity index (χ1v) is 4.75. The largest absolute Gasteiger partial charge is 0.393 e. The van der Waals surface area contributed by atoms with Crippen LogP contribution in [0.25, 0.3) is 0 Å². The molecule has 3 nitrogen and oxygen atoms in total. The van der Waals surface area contributed by atoms with Crippen LogP contribution in [0.15, 0.2) is 0 Å². The van der Waals surface area contributed by atoms with Crippen molar-refractivity contribution in [3.8, 4) is 0 Å². The summed E-state index contributed by atoms with van der Waals surface area (Å²) < 4.78 is 0. The first-order valence-electron chi connectivity index (χ1n) is 4.75. The van der Waals surface area contributed by atoms with Crippen molar-refractivity contribution in [2.24, 2.45) is 5.92 Å². The van der Waals surface area contributed by atoms with Crippen LogP contribution in [-0.4, -0.2) is 24.4 Å². The molecular weight excluding hydrogens is 156 g/mol. The van der Waals surface area contributed by atoms with Crippen molar-refractivity contribution in [1.29, 1.82) is 0 Å². The lowest BCUT2D eigenvalue weighted by molar-refractivity contribution is -0.299. The third kappa shape index (κ3) is 3.52. The Morgan fingerprint density at radius 3 is 2.42 bits per heavy atom. The number of aliphatic hydroxyl groups excluding tert-OH is 1. The number of aliphatic hydroxyl groups is 1. The number of rotatable bonds is 4. The second-order valence-electron chi connectivity index (χ2n) is 3.37. The summed E-state index contributed by atoms with van der Waals surface area (Å²) in [6.07, 6.45) is 3.89. The van der Waals surface area contributed by atoms with E-state index >= 15 is 0 Å². The molecule has 0 bridgehead atoms.